The van der Waals surface area contributed by atoms with Crippen molar-refractivity contribution in [2.24, 2.45) is 0 Å². The van der Waals surface area contributed by atoms with E-state index in [0.717, 1.165) is 0 Å². The second-order valence-corrected chi connectivity index (χ2v) is 5.27. The van der Waals surface area contributed by atoms with Crippen molar-refractivity contribution < 1.29 is 4.79 Å². The van der Waals surface area contributed by atoms with Gasteiger partial charge in [0.2, 0.25) is 0 Å². The molecule has 2 rings (SSSR count). The Balaban J connectivity index is 2.47. The molecule has 4 nitrogen and oxygen atoms in total. The third kappa shape index (κ3) is 3.21. The number of halogens is 2. The lowest BCUT2D eigenvalue weighted by atomic mass is 10.0. The first-order valence-electron chi connectivity index (χ1n) is 5.87. The van der Waals surface area contributed by atoms with Crippen LogP contribution >= 0.6 is 23.2 Å². The van der Waals surface area contributed by atoms with Gasteiger partial charge in [-0.15, -0.1) is 0 Å². The normalized spacial score (nSPS) is 11.5. The van der Waals surface area contributed by atoms with Crippen LogP contribution in [-0.4, -0.2) is 35.0 Å². The molecule has 104 valence electrons. The van der Waals surface area contributed by atoms with E-state index < -0.39 is 0 Å². The van der Waals surface area contributed by atoms with Crippen molar-refractivity contribution in [2.45, 2.75) is 0 Å². The fraction of sp³-hybridized carbons (Fsp3) is 0.143. The molecule has 1 aromatic carbocycles. The second kappa shape index (κ2) is 6.11. The number of aromatic nitrogens is 2. The van der Waals surface area contributed by atoms with Gasteiger partial charge in [0.05, 0.1) is 16.3 Å². The summed E-state index contributed by atoms with van der Waals surface area (Å²) in [4.78, 5) is 14.4. The zero-order chi connectivity index (χ0) is 14.7. The highest BCUT2D eigenvalue weighted by Gasteiger charge is 2.18. The molecule has 1 aromatic heterocycles. The molecule has 0 saturated carbocycles. The largest absolute Gasteiger partial charge is 0.383 e. The second-order valence-electron chi connectivity index (χ2n) is 4.43. The van der Waals surface area contributed by atoms with E-state index >= 15 is 0 Å². The average Bonchev–Trinajstić information content (AvgIpc) is 2.88. The Morgan fingerprint density at radius 3 is 2.60 bits per heavy atom. The Labute approximate surface area is 127 Å². The number of Topliss-reactive ketones (excluding diaryl/α,β-unsaturated/α-hetero) is 1. The molecule has 0 aliphatic rings. The van der Waals surface area contributed by atoms with E-state index in [1.54, 1.807) is 41.6 Å². The maximum Gasteiger partial charge on any atom is 0.198 e. The van der Waals surface area contributed by atoms with Gasteiger partial charge < -0.3 is 4.90 Å². The summed E-state index contributed by atoms with van der Waals surface area (Å²) < 4.78 is 0. The van der Waals surface area contributed by atoms with Crippen molar-refractivity contribution in [1.82, 2.24) is 15.1 Å². The fourth-order valence-corrected chi connectivity index (χ4v) is 2.23. The van der Waals surface area contributed by atoms with E-state index in [9.17, 15) is 4.79 Å². The van der Waals surface area contributed by atoms with E-state index in [1.807, 2.05) is 14.1 Å². The molecule has 0 fully saturated rings. The predicted molar refractivity (Wildman–Crippen MR) is 81.0 cm³/mol. The molecule has 0 aliphatic heterocycles. The number of nitrogens with one attached hydrogen (secondary N) is 1. The van der Waals surface area contributed by atoms with Crippen LogP contribution in [0.25, 0.3) is 5.57 Å². The molecule has 0 atom stereocenters. The Morgan fingerprint density at radius 1 is 1.30 bits per heavy atom. The first-order chi connectivity index (χ1) is 9.49. The van der Waals surface area contributed by atoms with Crippen molar-refractivity contribution in [3.63, 3.8) is 0 Å². The molecule has 0 radical (unpaired) electrons. The molecule has 0 aliphatic carbocycles. The van der Waals surface area contributed by atoms with Gasteiger partial charge >= 0.3 is 0 Å². The van der Waals surface area contributed by atoms with E-state index in [-0.39, 0.29) is 5.78 Å². The highest BCUT2D eigenvalue weighted by Crippen LogP contribution is 2.26. The number of hydrogen-bond acceptors (Lipinski definition) is 3. The Hall–Kier alpha value is -1.78. The molecule has 0 bridgehead atoms. The maximum absolute atomic E-state index is 12.6. The topological polar surface area (TPSA) is 49.0 Å². The van der Waals surface area contributed by atoms with Gasteiger partial charge in [-0.25, -0.2) is 0 Å². The molecule has 1 N–H and O–H groups in total. The molecule has 6 heteroatoms. The predicted octanol–water partition coefficient (Wildman–Crippen LogP) is 3.50. The number of ketones is 1. The number of nitrogens with zero attached hydrogens (tertiary/aromatic N) is 2. The minimum absolute atomic E-state index is 0.190. The van der Waals surface area contributed by atoms with Crippen molar-refractivity contribution >= 4 is 34.6 Å². The first kappa shape index (κ1) is 14.6. The average molecular weight is 310 g/mol. The molecule has 2 aromatic rings. The lowest BCUT2D eigenvalue weighted by Crippen LogP contribution is -2.10. The summed E-state index contributed by atoms with van der Waals surface area (Å²) in [6, 6.07) is 6.54. The quantitative estimate of drug-likeness (QED) is 0.694. The van der Waals surface area contributed by atoms with Crippen LogP contribution in [0.2, 0.25) is 10.0 Å². The van der Waals surface area contributed by atoms with E-state index in [4.69, 9.17) is 23.2 Å². The summed E-state index contributed by atoms with van der Waals surface area (Å²) in [6.07, 6.45) is 3.32. The number of benzene rings is 1. The molecule has 0 unspecified atom stereocenters. The van der Waals surface area contributed by atoms with Gasteiger partial charge in [0.25, 0.3) is 0 Å². The number of allylic oxidation sites excluding steroid dienone is 1. The van der Waals surface area contributed by atoms with Crippen molar-refractivity contribution in [3.8, 4) is 0 Å². The molecule has 0 spiro atoms. The zero-order valence-corrected chi connectivity index (χ0v) is 12.5. The Kier molecular flexibility index (Phi) is 4.47. The van der Waals surface area contributed by atoms with Crippen LogP contribution in [0, 0.1) is 0 Å². The van der Waals surface area contributed by atoms with Crippen LogP contribution in [-0.2, 0) is 0 Å². The molecule has 0 amide bonds. The van der Waals surface area contributed by atoms with Gasteiger partial charge in [-0.1, -0.05) is 23.2 Å². The summed E-state index contributed by atoms with van der Waals surface area (Å²) >= 11 is 11.9. The Morgan fingerprint density at radius 2 is 2.05 bits per heavy atom. The van der Waals surface area contributed by atoms with Crippen molar-refractivity contribution in [2.75, 3.05) is 14.1 Å². The summed E-state index contributed by atoms with van der Waals surface area (Å²) in [5.41, 5.74) is 1.52. The smallest absolute Gasteiger partial charge is 0.198 e. The fourth-order valence-electron chi connectivity index (χ4n) is 1.73. The molecule has 20 heavy (non-hydrogen) atoms. The summed E-state index contributed by atoms with van der Waals surface area (Å²) in [7, 11) is 3.68. The van der Waals surface area contributed by atoms with Gasteiger partial charge in [0.15, 0.2) is 5.78 Å². The van der Waals surface area contributed by atoms with Gasteiger partial charge in [0.1, 0.15) is 0 Å². The van der Waals surface area contributed by atoms with Gasteiger partial charge in [-0.05, 0) is 24.3 Å². The van der Waals surface area contributed by atoms with Gasteiger partial charge in [0, 0.05) is 37.1 Å². The van der Waals surface area contributed by atoms with Crippen LogP contribution in [0.1, 0.15) is 16.1 Å². The SMILES string of the molecule is CN(C)C=C(C(=O)c1ccc(Cl)cc1Cl)c1ccn[nH]1. The van der Waals surface area contributed by atoms with E-state index in [2.05, 4.69) is 10.2 Å². The highest BCUT2D eigenvalue weighted by atomic mass is 35.5. The lowest BCUT2D eigenvalue weighted by Gasteiger charge is -2.11. The van der Waals surface area contributed by atoms with Crippen LogP contribution < -0.4 is 0 Å². The van der Waals surface area contributed by atoms with Crippen LogP contribution in [0.15, 0.2) is 36.7 Å². The first-order valence-corrected chi connectivity index (χ1v) is 6.62. The van der Waals surface area contributed by atoms with Crippen molar-refractivity contribution in [1.29, 1.82) is 0 Å². The third-order valence-corrected chi connectivity index (χ3v) is 3.15. The summed E-state index contributed by atoms with van der Waals surface area (Å²) in [5, 5.41) is 7.48. The van der Waals surface area contributed by atoms with E-state index in [1.165, 1.54) is 0 Å². The number of rotatable bonds is 4. The molecular weight excluding hydrogens is 297 g/mol. The Bertz CT molecular complexity index is 648. The number of carbonyl (C=O) groups excluding carboxylic acids is 1. The molecular formula is C14H13Cl2N3O. The van der Waals surface area contributed by atoms with Crippen LogP contribution in [0.5, 0.6) is 0 Å². The third-order valence-electron chi connectivity index (χ3n) is 2.60. The molecule has 0 saturated heterocycles. The van der Waals surface area contributed by atoms with E-state index in [0.29, 0.717) is 26.9 Å². The van der Waals surface area contributed by atoms with Crippen LogP contribution in [0.3, 0.4) is 0 Å². The summed E-state index contributed by atoms with van der Waals surface area (Å²) in [6.45, 7) is 0. The minimum atomic E-state index is -0.190. The lowest BCUT2D eigenvalue weighted by molar-refractivity contribution is 0.105. The zero-order valence-electron chi connectivity index (χ0n) is 11.0. The summed E-state index contributed by atoms with van der Waals surface area (Å²) in [5.74, 6) is -0.190. The number of aromatic amines is 1. The maximum atomic E-state index is 12.6. The van der Waals surface area contributed by atoms with Gasteiger partial charge in [-0.3, -0.25) is 9.89 Å². The van der Waals surface area contributed by atoms with Crippen molar-refractivity contribution in [3.05, 3.63) is 58.0 Å². The standard InChI is InChI=1S/C14H13Cl2N3O/c1-19(2)8-11(13-5-6-17-18-13)14(20)10-4-3-9(15)7-12(10)16/h3-8H,1-2H3,(H,17,18). The van der Waals surface area contributed by atoms with Gasteiger partial charge in [-0.2, -0.15) is 5.10 Å². The number of carbonyl (C=O) groups is 1. The number of hydrogen-bond donors (Lipinski definition) is 1. The number of H-pyrrole nitrogens is 1. The highest BCUT2D eigenvalue weighted by molar-refractivity contribution is 6.40. The minimum Gasteiger partial charge on any atom is -0.383 e. The molecule has 1 heterocycles. The van der Waals surface area contributed by atoms with Crippen LogP contribution in [0.4, 0.5) is 0 Å². The monoisotopic (exact) mass is 309 g/mol.